The molecule has 1 fully saturated rings. The second-order valence-electron chi connectivity index (χ2n) is 8.12. The Kier molecular flexibility index (Phi) is 9.41. The molecule has 208 valence electrons. The number of amides is 1. The van der Waals surface area contributed by atoms with Gasteiger partial charge >= 0.3 is 27.4 Å². The third-order valence-corrected chi connectivity index (χ3v) is 7.21. The lowest BCUT2D eigenvalue weighted by atomic mass is 9.96. The van der Waals surface area contributed by atoms with Gasteiger partial charge in [0.2, 0.25) is 0 Å². The van der Waals surface area contributed by atoms with Crippen molar-refractivity contribution in [2.45, 2.75) is 24.3 Å². The summed E-state index contributed by atoms with van der Waals surface area (Å²) in [6.45, 7) is 0.931. The van der Waals surface area contributed by atoms with E-state index in [4.69, 9.17) is 16.6 Å². The normalized spacial score (nSPS) is 19.6. The van der Waals surface area contributed by atoms with Gasteiger partial charge in [-0.05, 0) is 55.2 Å². The largest absolute Gasteiger partial charge is 0.478 e. The molecular formula is C23H24F5N3O5S2. The van der Waals surface area contributed by atoms with Gasteiger partial charge in [-0.1, -0.05) is 49.6 Å². The summed E-state index contributed by atoms with van der Waals surface area (Å²) >= 11 is 0.994. The molecule has 3 N–H and O–H groups in total. The van der Waals surface area contributed by atoms with E-state index in [-0.39, 0.29) is 24.2 Å². The average molecular weight is 582 g/mol. The maximum absolute atomic E-state index is 13.3. The molecule has 8 nitrogen and oxygen atoms in total. The molecule has 38 heavy (non-hydrogen) atoms. The molecule has 2 heterocycles. The molecular weight excluding hydrogens is 557 g/mol. The van der Waals surface area contributed by atoms with Crippen LogP contribution in [0.5, 0.6) is 0 Å². The maximum atomic E-state index is 13.3. The smallest absolute Gasteiger partial charge is 0.328 e. The number of nitrogens with zero attached hydrogens (tertiary/aromatic N) is 2. The number of hydrogen-bond donors (Lipinski definition) is 3. The van der Waals surface area contributed by atoms with Crippen molar-refractivity contribution in [1.82, 2.24) is 10.2 Å². The summed E-state index contributed by atoms with van der Waals surface area (Å²) in [5.74, 6) is 0.413. The molecule has 1 aromatic rings. The third kappa shape index (κ3) is 10.2. The van der Waals surface area contributed by atoms with E-state index in [1.54, 1.807) is 4.90 Å². The predicted octanol–water partition coefficient (Wildman–Crippen LogP) is 5.64. The highest BCUT2D eigenvalue weighted by atomic mass is 32.5. The maximum Gasteiger partial charge on any atom is 0.328 e. The number of thioether (sulfide) groups is 1. The van der Waals surface area contributed by atoms with Crippen LogP contribution in [0.1, 0.15) is 18.4 Å². The fraction of sp³-hybridized carbons (Fsp3) is 0.304. The topological polar surface area (TPSA) is 119 Å². The fourth-order valence-electron chi connectivity index (χ4n) is 3.57. The highest BCUT2D eigenvalue weighted by Crippen LogP contribution is 3.02. The lowest BCUT2D eigenvalue weighted by Crippen LogP contribution is -2.33. The highest BCUT2D eigenvalue weighted by molar-refractivity contribution is 8.45. The van der Waals surface area contributed by atoms with Crippen LogP contribution in [0.3, 0.4) is 0 Å². The molecule has 0 aromatic heterocycles. The zero-order chi connectivity index (χ0) is 28.6. The molecule has 0 aliphatic carbocycles. The van der Waals surface area contributed by atoms with Gasteiger partial charge in [-0.25, -0.2) is 9.59 Å². The summed E-state index contributed by atoms with van der Waals surface area (Å²) < 4.78 is 66.6. The Hall–Kier alpha value is -3.35. The molecule has 1 amide bonds. The number of terminal acetylenes is 1. The Morgan fingerprint density at radius 3 is 2.24 bits per heavy atom. The zero-order valence-corrected chi connectivity index (χ0v) is 21.3. The van der Waals surface area contributed by atoms with Gasteiger partial charge < -0.3 is 15.5 Å². The van der Waals surface area contributed by atoms with Crippen LogP contribution in [0, 0.1) is 18.3 Å². The summed E-state index contributed by atoms with van der Waals surface area (Å²) in [5.41, 5.74) is -0.418. The monoisotopic (exact) mass is 581 g/mol. The van der Waals surface area contributed by atoms with Gasteiger partial charge in [-0.3, -0.25) is 9.69 Å². The Morgan fingerprint density at radius 1 is 1.13 bits per heavy atom. The number of carboxylic acid groups (broad SMARTS) is 2. The van der Waals surface area contributed by atoms with Crippen molar-refractivity contribution in [3.8, 4) is 12.3 Å². The van der Waals surface area contributed by atoms with Crippen molar-refractivity contribution < 1.29 is 44.0 Å². The second-order valence-corrected chi connectivity index (χ2v) is 11.5. The Labute approximate surface area is 219 Å². The van der Waals surface area contributed by atoms with Crippen LogP contribution >= 0.6 is 22.0 Å². The molecule has 3 rings (SSSR count). The minimum absolute atomic E-state index is 0.0957. The van der Waals surface area contributed by atoms with Crippen LogP contribution in [0.25, 0.3) is 0 Å². The number of piperidine rings is 1. The van der Waals surface area contributed by atoms with Crippen molar-refractivity contribution >= 4 is 45.0 Å². The number of amidine groups is 1. The molecule has 2 aliphatic rings. The lowest BCUT2D eigenvalue weighted by Gasteiger charge is -2.42. The lowest BCUT2D eigenvalue weighted by molar-refractivity contribution is -0.134. The summed E-state index contributed by atoms with van der Waals surface area (Å²) in [6.07, 6.45) is 9.48. The number of hydrogen-bond acceptors (Lipinski definition) is 6. The van der Waals surface area contributed by atoms with Crippen LogP contribution in [-0.4, -0.2) is 57.8 Å². The number of rotatable bonds is 7. The number of nitrogens with one attached hydrogen (secondary N) is 1. The van der Waals surface area contributed by atoms with Crippen LogP contribution in [-0.2, 0) is 16.1 Å². The fourth-order valence-corrected chi connectivity index (χ4v) is 5.34. The molecule has 0 bridgehead atoms. The van der Waals surface area contributed by atoms with Crippen LogP contribution in [0.2, 0.25) is 0 Å². The summed E-state index contributed by atoms with van der Waals surface area (Å²) in [6, 6.07) is 3.86. The molecule has 0 saturated carbocycles. The predicted molar refractivity (Wildman–Crippen MR) is 136 cm³/mol. The molecule has 0 spiro atoms. The first kappa shape index (κ1) is 30.9. The van der Waals surface area contributed by atoms with Crippen LogP contribution in [0.15, 0.2) is 57.3 Å². The number of allylic oxidation sites excluding steroid dienone is 1. The van der Waals surface area contributed by atoms with E-state index in [0.29, 0.717) is 54.9 Å². The third-order valence-electron chi connectivity index (χ3n) is 5.16. The van der Waals surface area contributed by atoms with E-state index in [2.05, 4.69) is 16.2 Å². The van der Waals surface area contributed by atoms with Crippen molar-refractivity contribution in [3.63, 3.8) is 0 Å². The minimum Gasteiger partial charge on any atom is -0.478 e. The highest BCUT2D eigenvalue weighted by Gasteiger charge is 2.66. The Balaban J connectivity index is 0.000000550. The first-order valence-corrected chi connectivity index (χ1v) is 13.6. The standard InChI is InChI=1S/C19H20F5N3OS2.C4H4O4/c1-2-9-25-18-16(29-19(28)26-18)12-14-7-10-27(11-8-14)13-15-5-3-4-6-17(15)30(20,21,22,23)24;5-3(6)1-2-4(7)8/h1,3-6,12,14H,7-11,13H2,(H,25,26,28);1-2H,(H,5,6)(H,7,8)/b16-12-;2-1-. The van der Waals surface area contributed by atoms with E-state index in [9.17, 15) is 33.8 Å². The number of aliphatic carboxylic acids is 2. The van der Waals surface area contributed by atoms with Crippen molar-refractivity contribution in [3.05, 3.63) is 53.0 Å². The Bertz CT molecular complexity index is 1200. The molecule has 1 saturated heterocycles. The number of carbonyl (C=O) groups excluding carboxylic acids is 1. The van der Waals surface area contributed by atoms with Crippen molar-refractivity contribution in [2.75, 3.05) is 19.6 Å². The number of likely N-dealkylation sites (tertiary alicyclic amines) is 1. The SMILES string of the molecule is C#CCNC1=NC(=O)S/C1=C\C1CCN(Cc2ccccc2S(F)(F)(F)(F)F)CC1.O=C(O)/C=C\C(=O)O. The van der Waals surface area contributed by atoms with Crippen LogP contribution < -0.4 is 5.32 Å². The number of halogens is 5. The van der Waals surface area contributed by atoms with Gasteiger partial charge in [0.1, 0.15) is 10.7 Å². The molecule has 2 aliphatic heterocycles. The number of benzene rings is 1. The van der Waals surface area contributed by atoms with Gasteiger partial charge in [0.05, 0.1) is 11.4 Å². The first-order valence-electron chi connectivity index (χ1n) is 10.9. The van der Waals surface area contributed by atoms with E-state index in [0.717, 1.165) is 23.9 Å². The molecule has 0 unspecified atom stereocenters. The van der Waals surface area contributed by atoms with Gasteiger partial charge in [0.15, 0.2) is 0 Å². The number of aliphatic imine (C=N–C) groups is 1. The minimum atomic E-state index is -9.75. The van der Waals surface area contributed by atoms with Crippen molar-refractivity contribution in [1.29, 1.82) is 0 Å². The van der Waals surface area contributed by atoms with E-state index in [1.165, 1.54) is 6.07 Å². The molecule has 0 atom stereocenters. The van der Waals surface area contributed by atoms with E-state index >= 15 is 0 Å². The van der Waals surface area contributed by atoms with Gasteiger partial charge in [0, 0.05) is 18.7 Å². The van der Waals surface area contributed by atoms with E-state index in [1.807, 2.05) is 6.08 Å². The Morgan fingerprint density at radius 2 is 1.71 bits per heavy atom. The zero-order valence-electron chi connectivity index (χ0n) is 19.7. The average Bonchev–Trinajstić information content (AvgIpc) is 3.15. The molecule has 15 heteroatoms. The summed E-state index contributed by atoms with van der Waals surface area (Å²) in [4.78, 5) is 35.1. The molecule has 1 aromatic carbocycles. The van der Waals surface area contributed by atoms with E-state index < -0.39 is 32.6 Å². The summed E-state index contributed by atoms with van der Waals surface area (Å²) in [7, 11) is -9.75. The van der Waals surface area contributed by atoms with Crippen molar-refractivity contribution in [2.24, 2.45) is 10.9 Å². The van der Waals surface area contributed by atoms with Gasteiger partial charge in [-0.2, -0.15) is 4.99 Å². The number of carbonyl (C=O) groups is 3. The van der Waals surface area contributed by atoms with Crippen LogP contribution in [0.4, 0.5) is 24.2 Å². The first-order chi connectivity index (χ1) is 17.5. The quantitative estimate of drug-likeness (QED) is 0.215. The summed E-state index contributed by atoms with van der Waals surface area (Å²) in [5, 5.41) is 18.2. The van der Waals surface area contributed by atoms with Gasteiger partial charge in [-0.15, -0.1) is 6.42 Å². The number of carboxylic acids is 2. The van der Waals surface area contributed by atoms with Gasteiger partial charge in [0.25, 0.3) is 0 Å². The second kappa shape index (κ2) is 11.6. The molecule has 0 radical (unpaired) electrons.